The highest BCUT2D eigenvalue weighted by molar-refractivity contribution is 6.03. The number of oxime groups is 1. The number of nitrogens with one attached hydrogen (secondary N) is 1. The van der Waals surface area contributed by atoms with Gasteiger partial charge in [-0.2, -0.15) is 0 Å². The van der Waals surface area contributed by atoms with Crippen LogP contribution in [-0.4, -0.2) is 16.8 Å². The maximum atomic E-state index is 10.9. The summed E-state index contributed by atoms with van der Waals surface area (Å²) in [5, 5.41) is 14.9. The van der Waals surface area contributed by atoms with E-state index in [1.807, 2.05) is 18.2 Å². The van der Waals surface area contributed by atoms with Crippen LogP contribution in [0, 0.1) is 0 Å². The third-order valence-corrected chi connectivity index (χ3v) is 2.72. The van der Waals surface area contributed by atoms with Crippen molar-refractivity contribution in [2.24, 2.45) is 5.16 Å². The number of benzene rings is 1. The number of amides is 1. The number of hydrogen-bond acceptors (Lipinski definition) is 3. The lowest BCUT2D eigenvalue weighted by Crippen LogP contribution is -2.13. The topological polar surface area (TPSA) is 61.7 Å². The molecule has 0 aliphatic heterocycles. The Labute approximate surface area is 94.0 Å². The van der Waals surface area contributed by atoms with Crippen LogP contribution in [0.2, 0.25) is 0 Å². The lowest BCUT2D eigenvalue weighted by molar-refractivity contribution is -0.114. The Hall–Kier alpha value is -1.84. The highest BCUT2D eigenvalue weighted by Gasteiger charge is 2.16. The van der Waals surface area contributed by atoms with Gasteiger partial charge in [0.05, 0.1) is 5.71 Å². The van der Waals surface area contributed by atoms with E-state index in [2.05, 4.69) is 10.5 Å². The number of nitrogens with zero attached hydrogens (tertiary/aromatic N) is 1. The first kappa shape index (κ1) is 10.7. The van der Waals surface area contributed by atoms with Crippen LogP contribution in [0.4, 0.5) is 5.69 Å². The van der Waals surface area contributed by atoms with E-state index in [0.717, 1.165) is 30.5 Å². The van der Waals surface area contributed by atoms with Crippen molar-refractivity contribution in [1.82, 2.24) is 0 Å². The van der Waals surface area contributed by atoms with E-state index in [0.29, 0.717) is 5.71 Å². The molecule has 0 bridgehead atoms. The normalized spacial score (nSPS) is 16.9. The predicted molar refractivity (Wildman–Crippen MR) is 62.0 cm³/mol. The first-order valence-electron chi connectivity index (χ1n) is 5.32. The fraction of sp³-hybridized carbons (Fsp3) is 0.333. The molecule has 84 valence electrons. The Morgan fingerprint density at radius 2 is 2.25 bits per heavy atom. The van der Waals surface area contributed by atoms with Gasteiger partial charge in [-0.15, -0.1) is 0 Å². The summed E-state index contributed by atoms with van der Waals surface area (Å²) in [4.78, 5) is 10.9. The Balaban J connectivity index is 2.38. The number of hydrogen-bond donors (Lipinski definition) is 2. The van der Waals surface area contributed by atoms with Gasteiger partial charge >= 0.3 is 0 Å². The minimum Gasteiger partial charge on any atom is -0.411 e. The molecule has 0 heterocycles. The summed E-state index contributed by atoms with van der Waals surface area (Å²) in [7, 11) is 0. The van der Waals surface area contributed by atoms with E-state index < -0.39 is 0 Å². The molecule has 0 aromatic heterocycles. The molecule has 16 heavy (non-hydrogen) atoms. The Kier molecular flexibility index (Phi) is 2.90. The van der Waals surface area contributed by atoms with Crippen molar-refractivity contribution in [2.75, 3.05) is 5.32 Å². The molecule has 0 atom stereocenters. The summed E-state index contributed by atoms with van der Waals surface area (Å²) in [6.07, 6.45) is 2.79. The molecule has 0 spiro atoms. The van der Waals surface area contributed by atoms with Crippen LogP contribution in [0.25, 0.3) is 0 Å². The van der Waals surface area contributed by atoms with Crippen molar-refractivity contribution in [3.8, 4) is 0 Å². The van der Waals surface area contributed by atoms with Crippen molar-refractivity contribution in [1.29, 1.82) is 0 Å². The summed E-state index contributed by atoms with van der Waals surface area (Å²) >= 11 is 0. The van der Waals surface area contributed by atoms with E-state index in [1.165, 1.54) is 12.5 Å². The molecule has 0 saturated carbocycles. The summed E-state index contributed by atoms with van der Waals surface area (Å²) < 4.78 is 0. The first-order chi connectivity index (χ1) is 7.70. The van der Waals surface area contributed by atoms with Crippen LogP contribution >= 0.6 is 0 Å². The summed E-state index contributed by atoms with van der Waals surface area (Å²) in [6.45, 7) is 1.47. The quantitative estimate of drug-likeness (QED) is 0.560. The molecule has 1 aliphatic rings. The Bertz CT molecular complexity index is 452. The van der Waals surface area contributed by atoms with Gasteiger partial charge < -0.3 is 10.5 Å². The zero-order chi connectivity index (χ0) is 11.5. The molecule has 1 aromatic carbocycles. The molecule has 0 radical (unpaired) electrons. The van der Waals surface area contributed by atoms with Crippen LogP contribution in [-0.2, 0) is 11.2 Å². The zero-order valence-corrected chi connectivity index (χ0v) is 9.16. The number of fused-ring (bicyclic) bond motifs is 1. The van der Waals surface area contributed by atoms with Gasteiger partial charge in [0.2, 0.25) is 5.91 Å². The fourth-order valence-electron chi connectivity index (χ4n) is 2.03. The predicted octanol–water partition coefficient (Wildman–Crippen LogP) is 2.16. The third kappa shape index (κ3) is 2.05. The molecule has 1 amide bonds. The van der Waals surface area contributed by atoms with E-state index in [-0.39, 0.29) is 5.91 Å². The Morgan fingerprint density at radius 1 is 1.44 bits per heavy atom. The summed E-state index contributed by atoms with van der Waals surface area (Å²) in [5.74, 6) is -0.0988. The maximum absolute atomic E-state index is 10.9. The number of carbonyl (C=O) groups excluding carboxylic acids is 1. The molecule has 1 aromatic rings. The third-order valence-electron chi connectivity index (χ3n) is 2.72. The average Bonchev–Trinajstić information content (AvgIpc) is 2.27. The van der Waals surface area contributed by atoms with E-state index >= 15 is 0 Å². The van der Waals surface area contributed by atoms with Crippen molar-refractivity contribution in [3.63, 3.8) is 0 Å². The fourth-order valence-corrected chi connectivity index (χ4v) is 2.03. The average molecular weight is 218 g/mol. The second-order valence-electron chi connectivity index (χ2n) is 3.95. The number of carbonyl (C=O) groups is 1. The van der Waals surface area contributed by atoms with E-state index in [4.69, 9.17) is 5.21 Å². The molecule has 4 nitrogen and oxygen atoms in total. The van der Waals surface area contributed by atoms with Crippen LogP contribution in [0.5, 0.6) is 0 Å². The standard InChI is InChI=1S/C12H14N2O2/c1-8(15)13-10-6-5-9-3-2-4-12(14-16)11(9)7-10/h5-7,16H,2-4H2,1H3,(H,13,15)/b14-12+. The lowest BCUT2D eigenvalue weighted by Gasteiger charge is -2.17. The Morgan fingerprint density at radius 3 is 2.94 bits per heavy atom. The second kappa shape index (κ2) is 4.35. The van der Waals surface area contributed by atoms with Crippen LogP contribution in [0.3, 0.4) is 0 Å². The van der Waals surface area contributed by atoms with Crippen LogP contribution < -0.4 is 5.32 Å². The van der Waals surface area contributed by atoms with Crippen molar-refractivity contribution >= 4 is 17.3 Å². The molecule has 0 saturated heterocycles. The van der Waals surface area contributed by atoms with Gasteiger partial charge in [0, 0.05) is 18.2 Å². The lowest BCUT2D eigenvalue weighted by atomic mass is 9.90. The molecule has 0 unspecified atom stereocenters. The number of rotatable bonds is 1. The van der Waals surface area contributed by atoms with Gasteiger partial charge in [0.15, 0.2) is 0 Å². The number of aryl methyl sites for hydroxylation is 1. The molecule has 2 rings (SSSR count). The molecular weight excluding hydrogens is 204 g/mol. The van der Waals surface area contributed by atoms with E-state index in [1.54, 1.807) is 0 Å². The van der Waals surface area contributed by atoms with E-state index in [9.17, 15) is 4.79 Å². The van der Waals surface area contributed by atoms with Gasteiger partial charge in [-0.05, 0) is 37.0 Å². The van der Waals surface area contributed by atoms with Crippen LogP contribution in [0.15, 0.2) is 23.4 Å². The minimum absolute atomic E-state index is 0.0988. The van der Waals surface area contributed by atoms with Crippen molar-refractivity contribution in [3.05, 3.63) is 29.3 Å². The largest absolute Gasteiger partial charge is 0.411 e. The van der Waals surface area contributed by atoms with Crippen LogP contribution in [0.1, 0.15) is 30.9 Å². The van der Waals surface area contributed by atoms with Gasteiger partial charge in [-0.25, -0.2) is 0 Å². The van der Waals surface area contributed by atoms with Crippen molar-refractivity contribution in [2.45, 2.75) is 26.2 Å². The van der Waals surface area contributed by atoms with Crippen molar-refractivity contribution < 1.29 is 10.0 Å². The summed E-state index contributed by atoms with van der Waals surface area (Å²) in [6, 6.07) is 5.72. The van der Waals surface area contributed by atoms with Gasteiger partial charge in [-0.1, -0.05) is 11.2 Å². The molecule has 1 aliphatic carbocycles. The van der Waals surface area contributed by atoms with Gasteiger partial charge in [0.1, 0.15) is 0 Å². The smallest absolute Gasteiger partial charge is 0.221 e. The first-order valence-corrected chi connectivity index (χ1v) is 5.32. The zero-order valence-electron chi connectivity index (χ0n) is 9.16. The summed E-state index contributed by atoms with van der Waals surface area (Å²) in [5.41, 5.74) is 3.57. The highest BCUT2D eigenvalue weighted by Crippen LogP contribution is 2.24. The molecule has 0 fully saturated rings. The van der Waals surface area contributed by atoms with Gasteiger partial charge in [-0.3, -0.25) is 4.79 Å². The SMILES string of the molecule is CC(=O)Nc1ccc2c(c1)/C(=N/O)CCC2. The molecule has 2 N–H and O–H groups in total. The molecule has 4 heteroatoms. The highest BCUT2D eigenvalue weighted by atomic mass is 16.4. The monoisotopic (exact) mass is 218 g/mol. The molecular formula is C12H14N2O2. The van der Waals surface area contributed by atoms with Gasteiger partial charge in [0.25, 0.3) is 0 Å². The number of anilines is 1. The maximum Gasteiger partial charge on any atom is 0.221 e. The second-order valence-corrected chi connectivity index (χ2v) is 3.95. The minimum atomic E-state index is -0.0988.